The van der Waals surface area contributed by atoms with Gasteiger partial charge in [-0.1, -0.05) is 37.6 Å². The Balaban J connectivity index is 0.00000242. The molecule has 2 rings (SSSR count). The molecule has 0 aromatic heterocycles. The van der Waals surface area contributed by atoms with E-state index in [0.29, 0.717) is 30.3 Å². The molecule has 0 saturated carbocycles. The number of halogens is 2. The molecule has 0 radical (unpaired) electrons. The summed E-state index contributed by atoms with van der Waals surface area (Å²) in [5.74, 6) is 0.578. The SMILES string of the molecule is CCC(Oc1ccccc1Cl)C(=O)N1CCC(C)(CN)C1.Cl. The third-order valence-electron chi connectivity index (χ3n) is 4.11. The van der Waals surface area contributed by atoms with E-state index in [1.165, 1.54) is 0 Å². The van der Waals surface area contributed by atoms with Crippen LogP contribution in [0.25, 0.3) is 0 Å². The van der Waals surface area contributed by atoms with Crippen molar-refractivity contribution in [3.05, 3.63) is 29.3 Å². The number of benzene rings is 1. The molecule has 0 bridgehead atoms. The molecule has 2 N–H and O–H groups in total. The molecular formula is C16H24Cl2N2O2. The second-order valence-corrected chi connectivity index (χ2v) is 6.38. The van der Waals surface area contributed by atoms with Crippen LogP contribution in [0.2, 0.25) is 5.02 Å². The summed E-state index contributed by atoms with van der Waals surface area (Å²) in [5.41, 5.74) is 5.82. The third-order valence-corrected chi connectivity index (χ3v) is 4.43. The number of ether oxygens (including phenoxy) is 1. The van der Waals surface area contributed by atoms with Crippen LogP contribution in [0, 0.1) is 5.41 Å². The van der Waals surface area contributed by atoms with Crippen molar-refractivity contribution in [2.24, 2.45) is 11.1 Å². The summed E-state index contributed by atoms with van der Waals surface area (Å²) in [6, 6.07) is 7.23. The number of nitrogens with two attached hydrogens (primary N) is 1. The second-order valence-electron chi connectivity index (χ2n) is 5.97. The van der Waals surface area contributed by atoms with Gasteiger partial charge in [0.2, 0.25) is 0 Å². The van der Waals surface area contributed by atoms with E-state index in [2.05, 4.69) is 6.92 Å². The average molecular weight is 347 g/mol. The van der Waals surface area contributed by atoms with E-state index in [1.54, 1.807) is 12.1 Å². The maximum absolute atomic E-state index is 12.6. The van der Waals surface area contributed by atoms with E-state index in [1.807, 2.05) is 24.0 Å². The topological polar surface area (TPSA) is 55.6 Å². The van der Waals surface area contributed by atoms with E-state index in [0.717, 1.165) is 13.0 Å². The highest BCUT2D eigenvalue weighted by Gasteiger charge is 2.37. The first-order valence-electron chi connectivity index (χ1n) is 7.39. The predicted molar refractivity (Wildman–Crippen MR) is 91.8 cm³/mol. The largest absolute Gasteiger partial charge is 0.479 e. The quantitative estimate of drug-likeness (QED) is 0.890. The first kappa shape index (κ1) is 19.1. The molecule has 6 heteroatoms. The Morgan fingerprint density at radius 3 is 2.73 bits per heavy atom. The van der Waals surface area contributed by atoms with Gasteiger partial charge < -0.3 is 15.4 Å². The van der Waals surface area contributed by atoms with E-state index >= 15 is 0 Å². The van der Waals surface area contributed by atoms with Crippen molar-refractivity contribution in [2.75, 3.05) is 19.6 Å². The minimum atomic E-state index is -0.495. The van der Waals surface area contributed by atoms with E-state index in [9.17, 15) is 4.79 Å². The molecule has 1 fully saturated rings. The van der Waals surface area contributed by atoms with Crippen LogP contribution in [-0.4, -0.2) is 36.5 Å². The molecule has 1 amide bonds. The molecule has 1 aromatic rings. The predicted octanol–water partition coefficient (Wildman–Crippen LogP) is 3.12. The molecule has 1 aliphatic rings. The number of rotatable bonds is 5. The molecule has 4 nitrogen and oxygen atoms in total. The summed E-state index contributed by atoms with van der Waals surface area (Å²) in [6.07, 6.45) is 1.06. The number of hydrogen-bond donors (Lipinski definition) is 1. The van der Waals surface area contributed by atoms with Gasteiger partial charge in [-0.05, 0) is 36.9 Å². The average Bonchev–Trinajstić information content (AvgIpc) is 2.89. The van der Waals surface area contributed by atoms with Crippen LogP contribution in [0.1, 0.15) is 26.7 Å². The van der Waals surface area contributed by atoms with Gasteiger partial charge >= 0.3 is 0 Å². The number of hydrogen-bond acceptors (Lipinski definition) is 3. The number of carbonyl (C=O) groups is 1. The van der Waals surface area contributed by atoms with Crippen LogP contribution in [0.3, 0.4) is 0 Å². The van der Waals surface area contributed by atoms with Crippen LogP contribution in [0.5, 0.6) is 5.75 Å². The molecule has 0 aliphatic carbocycles. The molecular weight excluding hydrogens is 323 g/mol. The van der Waals surface area contributed by atoms with Crippen molar-refractivity contribution in [1.82, 2.24) is 4.90 Å². The fourth-order valence-corrected chi connectivity index (χ4v) is 2.76. The van der Waals surface area contributed by atoms with Gasteiger partial charge in [-0.3, -0.25) is 4.79 Å². The highest BCUT2D eigenvalue weighted by molar-refractivity contribution is 6.32. The Kier molecular flexibility index (Phi) is 6.98. The summed E-state index contributed by atoms with van der Waals surface area (Å²) in [6.45, 7) is 6.10. The van der Waals surface area contributed by atoms with Crippen molar-refractivity contribution >= 4 is 29.9 Å². The second kappa shape index (κ2) is 8.04. The van der Waals surface area contributed by atoms with Gasteiger partial charge in [0, 0.05) is 13.1 Å². The lowest BCUT2D eigenvalue weighted by molar-refractivity contribution is -0.138. The number of para-hydroxylation sites is 1. The molecule has 2 atom stereocenters. The summed E-state index contributed by atoms with van der Waals surface area (Å²) in [5, 5.41) is 0.525. The minimum absolute atomic E-state index is 0. The van der Waals surface area contributed by atoms with E-state index in [4.69, 9.17) is 22.1 Å². The minimum Gasteiger partial charge on any atom is -0.479 e. The lowest BCUT2D eigenvalue weighted by Crippen LogP contribution is -2.42. The number of carbonyl (C=O) groups excluding carboxylic acids is 1. The monoisotopic (exact) mass is 346 g/mol. The summed E-state index contributed by atoms with van der Waals surface area (Å²) in [4.78, 5) is 14.5. The Morgan fingerprint density at radius 1 is 1.50 bits per heavy atom. The molecule has 22 heavy (non-hydrogen) atoms. The normalized spacial score (nSPS) is 22.1. The van der Waals surface area contributed by atoms with Gasteiger partial charge in [0.15, 0.2) is 6.10 Å². The fourth-order valence-electron chi connectivity index (χ4n) is 2.58. The van der Waals surface area contributed by atoms with E-state index < -0.39 is 6.10 Å². The summed E-state index contributed by atoms with van der Waals surface area (Å²) < 4.78 is 5.82. The summed E-state index contributed by atoms with van der Waals surface area (Å²) in [7, 11) is 0. The zero-order chi connectivity index (χ0) is 15.5. The van der Waals surface area contributed by atoms with Crippen LogP contribution in [0.4, 0.5) is 0 Å². The van der Waals surface area contributed by atoms with Crippen molar-refractivity contribution in [3.8, 4) is 5.75 Å². The van der Waals surface area contributed by atoms with Crippen molar-refractivity contribution in [2.45, 2.75) is 32.8 Å². The standard InChI is InChI=1S/C16H23ClN2O2.ClH/c1-3-13(21-14-7-5-4-6-12(14)17)15(20)19-9-8-16(2,10-18)11-19;/h4-7,13H,3,8-11,18H2,1-2H3;1H. The van der Waals surface area contributed by atoms with Gasteiger partial charge in [0.05, 0.1) is 5.02 Å². The molecule has 124 valence electrons. The van der Waals surface area contributed by atoms with Crippen LogP contribution >= 0.6 is 24.0 Å². The van der Waals surface area contributed by atoms with Crippen LogP contribution in [0.15, 0.2) is 24.3 Å². The van der Waals surface area contributed by atoms with Gasteiger partial charge in [-0.25, -0.2) is 0 Å². The summed E-state index contributed by atoms with van der Waals surface area (Å²) >= 11 is 6.09. The zero-order valence-electron chi connectivity index (χ0n) is 13.0. The van der Waals surface area contributed by atoms with Gasteiger partial charge in [-0.15, -0.1) is 12.4 Å². The van der Waals surface area contributed by atoms with E-state index in [-0.39, 0.29) is 23.7 Å². The van der Waals surface area contributed by atoms with Crippen molar-refractivity contribution < 1.29 is 9.53 Å². The number of likely N-dealkylation sites (tertiary alicyclic amines) is 1. The molecule has 2 unspecified atom stereocenters. The zero-order valence-corrected chi connectivity index (χ0v) is 14.6. The highest BCUT2D eigenvalue weighted by Crippen LogP contribution is 2.30. The maximum Gasteiger partial charge on any atom is 0.263 e. The highest BCUT2D eigenvalue weighted by atomic mass is 35.5. The Hall–Kier alpha value is -0.970. The van der Waals surface area contributed by atoms with Crippen molar-refractivity contribution in [3.63, 3.8) is 0 Å². The van der Waals surface area contributed by atoms with Gasteiger partial charge in [0.1, 0.15) is 5.75 Å². The van der Waals surface area contributed by atoms with Gasteiger partial charge in [-0.2, -0.15) is 0 Å². The lowest BCUT2D eigenvalue weighted by Gasteiger charge is -2.26. The number of amides is 1. The first-order chi connectivity index (χ1) is 9.99. The third kappa shape index (κ3) is 4.28. The van der Waals surface area contributed by atoms with Gasteiger partial charge in [0.25, 0.3) is 5.91 Å². The fraction of sp³-hybridized carbons (Fsp3) is 0.562. The molecule has 1 heterocycles. The van der Waals surface area contributed by atoms with Crippen LogP contribution in [-0.2, 0) is 4.79 Å². The Morgan fingerprint density at radius 2 is 2.18 bits per heavy atom. The number of nitrogens with zero attached hydrogens (tertiary/aromatic N) is 1. The maximum atomic E-state index is 12.6. The lowest BCUT2D eigenvalue weighted by atomic mass is 9.90. The smallest absolute Gasteiger partial charge is 0.263 e. The Labute approximate surface area is 143 Å². The Bertz CT molecular complexity index is 513. The first-order valence-corrected chi connectivity index (χ1v) is 7.77. The van der Waals surface area contributed by atoms with Crippen molar-refractivity contribution in [1.29, 1.82) is 0 Å². The molecule has 1 saturated heterocycles. The molecule has 0 spiro atoms. The molecule has 1 aromatic carbocycles. The molecule has 1 aliphatic heterocycles. The van der Waals surface area contributed by atoms with Crippen LogP contribution < -0.4 is 10.5 Å².